The Bertz CT molecular complexity index is 973. The molecule has 1 aromatic carbocycles. The molecule has 2 amide bonds. The Morgan fingerprint density at radius 3 is 2.18 bits per heavy atom. The number of nitrogens with one attached hydrogen (secondary N) is 2. The average molecular weight is 473 g/mol. The molecule has 9 nitrogen and oxygen atoms in total. The SMILES string of the molecule is C[C@H](NC(=O)[C@H](Cc1cn(Cc2ccccc2)cn1)NC(=O)OC(C)(C)C)C(=O)OC(C)(C)C. The minimum atomic E-state index is -1.00. The molecule has 0 aliphatic heterocycles. The summed E-state index contributed by atoms with van der Waals surface area (Å²) in [4.78, 5) is 42.1. The van der Waals surface area contributed by atoms with Crippen LogP contribution >= 0.6 is 0 Å². The van der Waals surface area contributed by atoms with Crippen LogP contribution in [0.2, 0.25) is 0 Å². The number of carbonyl (C=O) groups is 3. The van der Waals surface area contributed by atoms with Gasteiger partial charge < -0.3 is 24.7 Å². The highest BCUT2D eigenvalue weighted by Crippen LogP contribution is 2.11. The lowest BCUT2D eigenvalue weighted by Crippen LogP contribution is -2.53. The smallest absolute Gasteiger partial charge is 0.408 e. The molecule has 34 heavy (non-hydrogen) atoms. The number of carbonyl (C=O) groups excluding carboxylic acids is 3. The normalized spacial score (nSPS) is 13.5. The summed E-state index contributed by atoms with van der Waals surface area (Å²) < 4.78 is 12.5. The monoisotopic (exact) mass is 472 g/mol. The first-order chi connectivity index (χ1) is 15.7. The first-order valence-corrected chi connectivity index (χ1v) is 11.3. The molecule has 0 radical (unpaired) electrons. The predicted octanol–water partition coefficient (Wildman–Crippen LogP) is 3.21. The number of hydrogen-bond donors (Lipinski definition) is 2. The van der Waals surface area contributed by atoms with Crippen molar-refractivity contribution in [3.8, 4) is 0 Å². The van der Waals surface area contributed by atoms with Gasteiger partial charge in [0.25, 0.3) is 0 Å². The molecule has 2 N–H and O–H groups in total. The van der Waals surface area contributed by atoms with Crippen molar-refractivity contribution in [2.45, 2.75) is 84.7 Å². The van der Waals surface area contributed by atoms with Crippen molar-refractivity contribution < 1.29 is 23.9 Å². The van der Waals surface area contributed by atoms with Crippen LogP contribution in [0.5, 0.6) is 0 Å². The summed E-state index contributed by atoms with van der Waals surface area (Å²) in [5.74, 6) is -1.11. The van der Waals surface area contributed by atoms with Gasteiger partial charge in [-0.15, -0.1) is 0 Å². The van der Waals surface area contributed by atoms with Gasteiger partial charge in [-0.2, -0.15) is 0 Å². The molecule has 0 saturated carbocycles. The Balaban J connectivity index is 2.12. The van der Waals surface area contributed by atoms with Crippen molar-refractivity contribution in [1.29, 1.82) is 0 Å². The highest BCUT2D eigenvalue weighted by molar-refractivity contribution is 5.89. The Morgan fingerprint density at radius 1 is 0.971 bits per heavy atom. The Morgan fingerprint density at radius 2 is 1.59 bits per heavy atom. The summed E-state index contributed by atoms with van der Waals surface area (Å²) in [5.41, 5.74) is 0.304. The van der Waals surface area contributed by atoms with Crippen LogP contribution in [-0.4, -0.2) is 50.8 Å². The van der Waals surface area contributed by atoms with Crippen LogP contribution in [-0.2, 0) is 32.0 Å². The maximum Gasteiger partial charge on any atom is 0.408 e. The topological polar surface area (TPSA) is 112 Å². The summed E-state index contributed by atoms with van der Waals surface area (Å²) in [6, 6.07) is 8.00. The largest absolute Gasteiger partial charge is 0.458 e. The Hall–Kier alpha value is -3.36. The first-order valence-electron chi connectivity index (χ1n) is 11.3. The summed E-state index contributed by atoms with van der Waals surface area (Å²) in [5, 5.41) is 5.22. The first kappa shape index (κ1) is 26.9. The van der Waals surface area contributed by atoms with Gasteiger partial charge in [-0.3, -0.25) is 4.79 Å². The molecule has 0 fully saturated rings. The molecular weight excluding hydrogens is 436 g/mol. The third-order valence-corrected chi connectivity index (χ3v) is 4.43. The molecule has 9 heteroatoms. The third-order valence-electron chi connectivity index (χ3n) is 4.43. The van der Waals surface area contributed by atoms with Crippen molar-refractivity contribution in [1.82, 2.24) is 20.2 Å². The molecule has 0 aliphatic carbocycles. The quantitative estimate of drug-likeness (QED) is 0.571. The highest BCUT2D eigenvalue weighted by Gasteiger charge is 2.29. The lowest BCUT2D eigenvalue weighted by molar-refractivity contribution is -0.158. The summed E-state index contributed by atoms with van der Waals surface area (Å²) in [6.45, 7) is 12.6. The van der Waals surface area contributed by atoms with Crippen LogP contribution < -0.4 is 10.6 Å². The van der Waals surface area contributed by atoms with Gasteiger partial charge in [-0.25, -0.2) is 14.6 Å². The fraction of sp³-hybridized carbons (Fsp3) is 0.520. The summed E-state index contributed by atoms with van der Waals surface area (Å²) in [7, 11) is 0. The van der Waals surface area contributed by atoms with Crippen molar-refractivity contribution in [3.05, 3.63) is 54.1 Å². The zero-order valence-electron chi connectivity index (χ0n) is 21.0. The van der Waals surface area contributed by atoms with Gasteiger partial charge in [0.15, 0.2) is 0 Å². The van der Waals surface area contributed by atoms with E-state index in [-0.39, 0.29) is 6.42 Å². The predicted molar refractivity (Wildman–Crippen MR) is 128 cm³/mol. The Kier molecular flexibility index (Phi) is 8.84. The summed E-state index contributed by atoms with van der Waals surface area (Å²) in [6.07, 6.45) is 2.88. The number of alkyl carbamates (subject to hydrolysis) is 1. The molecule has 1 aromatic heterocycles. The van der Waals surface area contributed by atoms with Gasteiger partial charge in [0.05, 0.1) is 12.0 Å². The van der Waals surface area contributed by atoms with Crippen LogP contribution in [0.15, 0.2) is 42.9 Å². The molecule has 2 atom stereocenters. The van der Waals surface area contributed by atoms with E-state index in [1.54, 1.807) is 47.9 Å². The molecule has 2 aromatic rings. The number of benzene rings is 1. The number of ether oxygens (including phenoxy) is 2. The number of amides is 2. The van der Waals surface area contributed by atoms with Crippen molar-refractivity contribution >= 4 is 18.0 Å². The number of imidazole rings is 1. The molecule has 0 spiro atoms. The van der Waals surface area contributed by atoms with Crippen LogP contribution in [0.4, 0.5) is 4.79 Å². The Labute approximate surface area is 201 Å². The molecule has 0 aliphatic rings. The van der Waals surface area contributed by atoms with Crippen molar-refractivity contribution in [2.24, 2.45) is 0 Å². The minimum absolute atomic E-state index is 0.119. The van der Waals surface area contributed by atoms with Gasteiger partial charge in [-0.05, 0) is 54.0 Å². The van der Waals surface area contributed by atoms with Crippen molar-refractivity contribution in [3.63, 3.8) is 0 Å². The van der Waals surface area contributed by atoms with E-state index in [1.165, 1.54) is 6.92 Å². The van der Waals surface area contributed by atoms with E-state index in [1.807, 2.05) is 41.1 Å². The molecule has 0 saturated heterocycles. The zero-order valence-corrected chi connectivity index (χ0v) is 21.0. The third kappa shape index (κ3) is 9.64. The average Bonchev–Trinajstić information content (AvgIpc) is 3.12. The highest BCUT2D eigenvalue weighted by atomic mass is 16.6. The number of nitrogens with zero attached hydrogens (tertiary/aromatic N) is 2. The standard InChI is InChI=1S/C25H36N4O5/c1-17(22(31)33-24(2,3)4)27-21(30)20(28-23(32)34-25(5,6)7)13-19-15-29(16-26-19)14-18-11-9-8-10-12-18/h8-12,15-17,20H,13-14H2,1-7H3,(H,27,30)(H,28,32)/t17-,20-/m0/s1. The lowest BCUT2D eigenvalue weighted by Gasteiger charge is -2.25. The molecule has 2 rings (SSSR count). The number of hydrogen-bond acceptors (Lipinski definition) is 6. The molecule has 186 valence electrons. The van der Waals surface area contributed by atoms with E-state index >= 15 is 0 Å². The lowest BCUT2D eigenvalue weighted by atomic mass is 10.1. The van der Waals surface area contributed by atoms with Crippen LogP contribution in [0.1, 0.15) is 59.7 Å². The second-order valence-corrected chi connectivity index (χ2v) is 10.2. The second-order valence-electron chi connectivity index (χ2n) is 10.2. The molecule has 0 bridgehead atoms. The van der Waals surface area contributed by atoms with Crippen LogP contribution in [0.3, 0.4) is 0 Å². The van der Waals surface area contributed by atoms with E-state index in [0.717, 1.165) is 5.56 Å². The number of aromatic nitrogens is 2. The summed E-state index contributed by atoms with van der Waals surface area (Å²) >= 11 is 0. The zero-order chi connectivity index (χ0) is 25.5. The molecule has 0 unspecified atom stereocenters. The number of rotatable bonds is 8. The van der Waals surface area contributed by atoms with E-state index < -0.39 is 41.3 Å². The van der Waals surface area contributed by atoms with Gasteiger partial charge in [0.1, 0.15) is 23.3 Å². The molecular formula is C25H36N4O5. The maximum atomic E-state index is 13.0. The van der Waals surface area contributed by atoms with Gasteiger partial charge in [0, 0.05) is 19.2 Å². The van der Waals surface area contributed by atoms with Gasteiger partial charge in [0.2, 0.25) is 5.91 Å². The fourth-order valence-corrected chi connectivity index (χ4v) is 3.02. The number of esters is 1. The van der Waals surface area contributed by atoms with E-state index in [2.05, 4.69) is 15.6 Å². The van der Waals surface area contributed by atoms with Gasteiger partial charge >= 0.3 is 12.1 Å². The van der Waals surface area contributed by atoms with Crippen LogP contribution in [0, 0.1) is 0 Å². The van der Waals surface area contributed by atoms with E-state index in [4.69, 9.17) is 9.47 Å². The van der Waals surface area contributed by atoms with Crippen LogP contribution in [0.25, 0.3) is 0 Å². The molecule has 1 heterocycles. The van der Waals surface area contributed by atoms with Gasteiger partial charge in [-0.1, -0.05) is 30.3 Å². The van der Waals surface area contributed by atoms with Crippen molar-refractivity contribution in [2.75, 3.05) is 0 Å². The maximum absolute atomic E-state index is 13.0. The van der Waals surface area contributed by atoms with E-state index in [0.29, 0.717) is 12.2 Å². The van der Waals surface area contributed by atoms with E-state index in [9.17, 15) is 14.4 Å². The fourth-order valence-electron chi connectivity index (χ4n) is 3.02. The second kappa shape index (κ2) is 11.2. The minimum Gasteiger partial charge on any atom is -0.458 e.